The molecule has 1 aromatic carbocycles. The summed E-state index contributed by atoms with van der Waals surface area (Å²) in [5.74, 6) is -0.0765. The van der Waals surface area contributed by atoms with Gasteiger partial charge in [-0.05, 0) is 37.0 Å². The molecule has 1 atom stereocenters. The van der Waals surface area contributed by atoms with Crippen molar-refractivity contribution in [3.63, 3.8) is 0 Å². The van der Waals surface area contributed by atoms with Crippen LogP contribution in [-0.2, 0) is 19.7 Å². The first-order valence-electron chi connectivity index (χ1n) is 9.64. The van der Waals surface area contributed by atoms with Gasteiger partial charge in [0.05, 0.1) is 24.7 Å². The van der Waals surface area contributed by atoms with Crippen LogP contribution in [0.25, 0.3) is 0 Å². The van der Waals surface area contributed by atoms with Crippen molar-refractivity contribution in [2.45, 2.75) is 30.8 Å². The third kappa shape index (κ3) is 3.77. The summed E-state index contributed by atoms with van der Waals surface area (Å²) in [6.45, 7) is 6.30. The van der Waals surface area contributed by atoms with E-state index >= 15 is 0 Å². The van der Waals surface area contributed by atoms with Gasteiger partial charge in [0.15, 0.2) is 0 Å². The molecule has 6 heteroatoms. The highest BCUT2D eigenvalue weighted by atomic mass is 19.1. The Morgan fingerprint density at radius 3 is 2.54 bits per heavy atom. The molecule has 1 saturated carbocycles. The number of benzene rings is 1. The normalized spacial score (nSPS) is 26.3. The first-order chi connectivity index (χ1) is 12.7. The summed E-state index contributed by atoms with van der Waals surface area (Å²) in [6, 6.07) is 6.43. The molecule has 0 unspecified atom stereocenters. The Kier molecular flexibility index (Phi) is 5.25. The Balaban J connectivity index is 1.43. The molecule has 1 aromatic rings. The number of amides is 1. The minimum absolute atomic E-state index is 0.0450. The summed E-state index contributed by atoms with van der Waals surface area (Å²) in [5, 5.41) is 0. The third-order valence-corrected chi connectivity index (χ3v) is 5.76. The number of carbonyl (C=O) groups is 1. The summed E-state index contributed by atoms with van der Waals surface area (Å²) >= 11 is 0. The summed E-state index contributed by atoms with van der Waals surface area (Å²) in [5.41, 5.74) is 0.500. The number of nitrogens with zero attached hydrogens (tertiary/aromatic N) is 2. The Morgan fingerprint density at radius 1 is 1.12 bits per heavy atom. The van der Waals surface area contributed by atoms with Gasteiger partial charge in [-0.3, -0.25) is 9.69 Å². The highest BCUT2D eigenvalue weighted by Gasteiger charge is 2.53. The van der Waals surface area contributed by atoms with E-state index < -0.39 is 5.41 Å². The summed E-state index contributed by atoms with van der Waals surface area (Å²) in [7, 11) is 0. The van der Waals surface area contributed by atoms with Crippen LogP contribution in [0.1, 0.15) is 24.8 Å². The van der Waals surface area contributed by atoms with Gasteiger partial charge in [0.2, 0.25) is 5.91 Å². The zero-order valence-electron chi connectivity index (χ0n) is 15.2. The van der Waals surface area contributed by atoms with Crippen LogP contribution in [-0.4, -0.2) is 74.4 Å². The molecular weight excluding hydrogens is 335 g/mol. The van der Waals surface area contributed by atoms with Crippen LogP contribution in [0.4, 0.5) is 4.39 Å². The van der Waals surface area contributed by atoms with Gasteiger partial charge in [0, 0.05) is 39.3 Å². The van der Waals surface area contributed by atoms with Gasteiger partial charge in [0.25, 0.3) is 0 Å². The van der Waals surface area contributed by atoms with E-state index in [2.05, 4.69) is 4.90 Å². The lowest BCUT2D eigenvalue weighted by Crippen LogP contribution is -2.47. The van der Waals surface area contributed by atoms with Crippen molar-refractivity contribution in [3.05, 3.63) is 35.6 Å². The number of ether oxygens (including phenoxy) is 2. The first-order valence-corrected chi connectivity index (χ1v) is 9.64. The third-order valence-electron chi connectivity index (χ3n) is 5.76. The molecule has 0 spiro atoms. The number of carbonyl (C=O) groups excluding carboxylic acids is 1. The van der Waals surface area contributed by atoms with E-state index in [1.54, 1.807) is 12.1 Å². The monoisotopic (exact) mass is 362 g/mol. The molecule has 0 radical (unpaired) electrons. The van der Waals surface area contributed by atoms with Crippen LogP contribution in [0.2, 0.25) is 0 Å². The second-order valence-corrected chi connectivity index (χ2v) is 7.60. The highest BCUT2D eigenvalue weighted by molar-refractivity contribution is 5.91. The van der Waals surface area contributed by atoms with Gasteiger partial charge in [-0.15, -0.1) is 0 Å². The average molecular weight is 362 g/mol. The maximum absolute atomic E-state index is 13.3. The van der Waals surface area contributed by atoms with Crippen molar-refractivity contribution in [1.29, 1.82) is 0 Å². The Morgan fingerprint density at radius 2 is 1.85 bits per heavy atom. The van der Waals surface area contributed by atoms with E-state index in [0.717, 1.165) is 64.2 Å². The predicted octanol–water partition coefficient (Wildman–Crippen LogP) is 1.81. The van der Waals surface area contributed by atoms with Crippen LogP contribution in [0, 0.1) is 5.82 Å². The van der Waals surface area contributed by atoms with Crippen LogP contribution in [0.3, 0.4) is 0 Å². The number of rotatable bonds is 4. The maximum atomic E-state index is 13.3. The SMILES string of the molecule is O=C(N1CCCO[C@H](CN2CCOCC2)C1)C1(c2ccc(F)cc2)CC1. The van der Waals surface area contributed by atoms with Gasteiger partial charge in [-0.25, -0.2) is 4.39 Å². The van der Waals surface area contributed by atoms with Crippen LogP contribution in [0.5, 0.6) is 0 Å². The summed E-state index contributed by atoms with van der Waals surface area (Å²) < 4.78 is 24.7. The molecule has 2 aliphatic heterocycles. The molecule has 2 saturated heterocycles. The van der Waals surface area contributed by atoms with Crippen molar-refractivity contribution in [3.8, 4) is 0 Å². The molecule has 1 aliphatic carbocycles. The van der Waals surface area contributed by atoms with Gasteiger partial charge in [-0.2, -0.15) is 0 Å². The number of hydrogen-bond donors (Lipinski definition) is 0. The largest absolute Gasteiger partial charge is 0.379 e. The fraction of sp³-hybridized carbons (Fsp3) is 0.650. The van der Waals surface area contributed by atoms with E-state index in [-0.39, 0.29) is 17.8 Å². The van der Waals surface area contributed by atoms with E-state index in [1.165, 1.54) is 12.1 Å². The van der Waals surface area contributed by atoms with Crippen molar-refractivity contribution < 1.29 is 18.7 Å². The van der Waals surface area contributed by atoms with Gasteiger partial charge in [0.1, 0.15) is 5.82 Å². The first kappa shape index (κ1) is 17.9. The molecule has 142 valence electrons. The lowest BCUT2D eigenvalue weighted by atomic mass is 9.94. The fourth-order valence-electron chi connectivity index (χ4n) is 4.08. The molecule has 0 bridgehead atoms. The van der Waals surface area contributed by atoms with E-state index in [1.807, 2.05) is 4.90 Å². The zero-order chi connectivity index (χ0) is 18.0. The molecule has 3 fully saturated rings. The van der Waals surface area contributed by atoms with Gasteiger partial charge < -0.3 is 14.4 Å². The number of hydrogen-bond acceptors (Lipinski definition) is 4. The van der Waals surface area contributed by atoms with E-state index in [9.17, 15) is 9.18 Å². The van der Waals surface area contributed by atoms with Crippen LogP contribution < -0.4 is 0 Å². The summed E-state index contributed by atoms with van der Waals surface area (Å²) in [4.78, 5) is 17.6. The summed E-state index contributed by atoms with van der Waals surface area (Å²) in [6.07, 6.45) is 2.61. The number of morpholine rings is 1. The van der Waals surface area contributed by atoms with Gasteiger partial charge in [-0.1, -0.05) is 12.1 Å². The molecule has 1 amide bonds. The van der Waals surface area contributed by atoms with Crippen molar-refractivity contribution in [1.82, 2.24) is 9.80 Å². The minimum Gasteiger partial charge on any atom is -0.379 e. The van der Waals surface area contributed by atoms with Crippen LogP contribution >= 0.6 is 0 Å². The second kappa shape index (κ2) is 7.62. The Hall–Kier alpha value is -1.50. The van der Waals surface area contributed by atoms with E-state index in [0.29, 0.717) is 13.2 Å². The molecule has 0 N–H and O–H groups in total. The fourth-order valence-corrected chi connectivity index (χ4v) is 4.08. The molecule has 5 nitrogen and oxygen atoms in total. The molecule has 4 rings (SSSR count). The Bertz CT molecular complexity index is 626. The number of halogens is 1. The molecule has 3 aliphatic rings. The zero-order valence-corrected chi connectivity index (χ0v) is 15.2. The topological polar surface area (TPSA) is 42.0 Å². The van der Waals surface area contributed by atoms with Crippen molar-refractivity contribution >= 4 is 5.91 Å². The Labute approximate surface area is 154 Å². The quantitative estimate of drug-likeness (QED) is 0.819. The van der Waals surface area contributed by atoms with Crippen molar-refractivity contribution in [2.24, 2.45) is 0 Å². The van der Waals surface area contributed by atoms with Gasteiger partial charge >= 0.3 is 0 Å². The molecule has 2 heterocycles. The minimum atomic E-state index is -0.443. The smallest absolute Gasteiger partial charge is 0.233 e. The highest BCUT2D eigenvalue weighted by Crippen LogP contribution is 2.49. The standard InChI is InChI=1S/C20H27FN2O3/c21-17-4-2-16(3-5-17)20(6-7-20)19(24)23-8-1-11-26-18(15-23)14-22-9-12-25-13-10-22/h2-5,18H,1,6-15H2/t18-/m1/s1. The van der Waals surface area contributed by atoms with Crippen molar-refractivity contribution in [2.75, 3.05) is 52.5 Å². The predicted molar refractivity (Wildman–Crippen MR) is 95.5 cm³/mol. The molecular formula is C20H27FN2O3. The second-order valence-electron chi connectivity index (χ2n) is 7.60. The lowest BCUT2D eigenvalue weighted by Gasteiger charge is -2.32. The molecule has 0 aromatic heterocycles. The van der Waals surface area contributed by atoms with Crippen LogP contribution in [0.15, 0.2) is 24.3 Å². The average Bonchev–Trinajstić information content (AvgIpc) is 3.48. The maximum Gasteiger partial charge on any atom is 0.233 e. The lowest BCUT2D eigenvalue weighted by molar-refractivity contribution is -0.135. The van der Waals surface area contributed by atoms with E-state index in [4.69, 9.17) is 9.47 Å². The molecule has 26 heavy (non-hydrogen) atoms.